The first-order valence-electron chi connectivity index (χ1n) is 9.80. The van der Waals surface area contributed by atoms with Crippen molar-refractivity contribution in [2.24, 2.45) is 0 Å². The first-order chi connectivity index (χ1) is 13.8. The van der Waals surface area contributed by atoms with E-state index in [0.717, 1.165) is 39.1 Å². The summed E-state index contributed by atoms with van der Waals surface area (Å²) in [5.74, 6) is 0. The Morgan fingerprint density at radius 3 is 2.64 bits per heavy atom. The largest absolute Gasteiger partial charge is 0.329 e. The summed E-state index contributed by atoms with van der Waals surface area (Å²) in [5, 5.41) is 12.6. The Bertz CT molecular complexity index is 924. The second-order valence-corrected chi connectivity index (χ2v) is 7.30. The van der Waals surface area contributed by atoms with Crippen molar-refractivity contribution in [2.75, 3.05) is 19.6 Å². The normalized spacial score (nSPS) is 17.8. The van der Waals surface area contributed by atoms with Crippen LogP contribution in [0, 0.1) is 11.3 Å². The third-order valence-electron chi connectivity index (χ3n) is 5.37. The van der Waals surface area contributed by atoms with Crippen molar-refractivity contribution in [1.82, 2.24) is 19.8 Å². The van der Waals surface area contributed by atoms with Crippen molar-refractivity contribution in [1.29, 1.82) is 5.26 Å². The highest BCUT2D eigenvalue weighted by Crippen LogP contribution is 2.20. The lowest BCUT2D eigenvalue weighted by Gasteiger charge is -2.20. The van der Waals surface area contributed by atoms with E-state index in [0.29, 0.717) is 11.6 Å². The van der Waals surface area contributed by atoms with Gasteiger partial charge in [-0.15, -0.1) is 0 Å². The number of hydrogen-bond acceptors (Lipinski definition) is 4. The second kappa shape index (κ2) is 8.83. The number of aromatic nitrogens is 2. The highest BCUT2D eigenvalue weighted by atomic mass is 15.2. The molecule has 1 aliphatic heterocycles. The van der Waals surface area contributed by atoms with Gasteiger partial charge in [-0.05, 0) is 29.7 Å². The van der Waals surface area contributed by atoms with Crippen LogP contribution in [0.5, 0.6) is 0 Å². The fourth-order valence-electron chi connectivity index (χ4n) is 3.78. The van der Waals surface area contributed by atoms with Crippen LogP contribution in [0.4, 0.5) is 0 Å². The maximum atomic E-state index is 8.95. The van der Waals surface area contributed by atoms with E-state index >= 15 is 0 Å². The predicted octanol–water partition coefficient (Wildman–Crippen LogP) is 3.34. The minimum Gasteiger partial charge on any atom is -0.329 e. The quantitative estimate of drug-likeness (QED) is 0.747. The third-order valence-corrected chi connectivity index (χ3v) is 5.37. The van der Waals surface area contributed by atoms with Crippen LogP contribution in [0.15, 0.2) is 67.1 Å². The molecule has 4 rings (SSSR count). The first-order valence-corrected chi connectivity index (χ1v) is 9.80. The van der Waals surface area contributed by atoms with Crippen LogP contribution in [0.1, 0.15) is 34.8 Å². The van der Waals surface area contributed by atoms with Crippen LogP contribution in [0.3, 0.4) is 0 Å². The first kappa shape index (κ1) is 18.4. The van der Waals surface area contributed by atoms with E-state index in [1.54, 1.807) is 0 Å². The van der Waals surface area contributed by atoms with Gasteiger partial charge in [0.2, 0.25) is 0 Å². The second-order valence-electron chi connectivity index (χ2n) is 7.30. The molecule has 0 bridgehead atoms. The zero-order chi connectivity index (χ0) is 19.2. The lowest BCUT2D eigenvalue weighted by Crippen LogP contribution is -2.28. The molecule has 1 aromatic heterocycles. The average molecular weight is 371 g/mol. The lowest BCUT2D eigenvalue weighted by molar-refractivity contribution is 0.275. The molecule has 1 fully saturated rings. The van der Waals surface area contributed by atoms with Crippen LogP contribution in [0.25, 0.3) is 0 Å². The van der Waals surface area contributed by atoms with Gasteiger partial charge in [-0.1, -0.05) is 42.5 Å². The molecule has 0 aliphatic carbocycles. The number of nitriles is 1. The highest BCUT2D eigenvalue weighted by molar-refractivity contribution is 5.31. The van der Waals surface area contributed by atoms with Gasteiger partial charge in [0.05, 0.1) is 23.7 Å². The third kappa shape index (κ3) is 4.48. The lowest BCUT2D eigenvalue weighted by atomic mass is 10.0. The summed E-state index contributed by atoms with van der Waals surface area (Å²) >= 11 is 0. The summed E-state index contributed by atoms with van der Waals surface area (Å²) in [6.45, 7) is 4.77. The van der Waals surface area contributed by atoms with Gasteiger partial charge >= 0.3 is 0 Å². The Morgan fingerprint density at radius 1 is 1.04 bits per heavy atom. The summed E-state index contributed by atoms with van der Waals surface area (Å²) in [6.07, 6.45) is 4.97. The van der Waals surface area contributed by atoms with Gasteiger partial charge in [-0.3, -0.25) is 4.90 Å². The molecule has 2 aromatic carbocycles. The molecule has 0 amide bonds. The van der Waals surface area contributed by atoms with Crippen LogP contribution in [-0.2, 0) is 13.1 Å². The summed E-state index contributed by atoms with van der Waals surface area (Å²) in [4.78, 5) is 6.87. The number of hydrogen-bond donors (Lipinski definition) is 1. The maximum absolute atomic E-state index is 8.95. The van der Waals surface area contributed by atoms with E-state index in [1.165, 1.54) is 16.8 Å². The molecule has 5 nitrogen and oxygen atoms in total. The minimum absolute atomic E-state index is 0.426. The number of nitrogens with one attached hydrogen (secondary N) is 1. The molecule has 5 heteroatoms. The molecule has 2 heterocycles. The summed E-state index contributed by atoms with van der Waals surface area (Å²) in [7, 11) is 0. The molecular weight excluding hydrogens is 346 g/mol. The number of nitrogens with zero attached hydrogens (tertiary/aromatic N) is 4. The smallest absolute Gasteiger partial charge is 0.0991 e. The predicted molar refractivity (Wildman–Crippen MR) is 110 cm³/mol. The summed E-state index contributed by atoms with van der Waals surface area (Å²) in [5.41, 5.74) is 4.47. The van der Waals surface area contributed by atoms with Crippen molar-refractivity contribution in [3.63, 3.8) is 0 Å². The van der Waals surface area contributed by atoms with Gasteiger partial charge < -0.3 is 9.88 Å². The molecule has 28 heavy (non-hydrogen) atoms. The molecule has 1 saturated heterocycles. The molecule has 0 radical (unpaired) electrons. The number of rotatable bonds is 5. The molecule has 3 aromatic rings. The Labute approximate surface area is 166 Å². The average Bonchev–Trinajstić information content (AvgIpc) is 3.03. The molecule has 142 valence electrons. The number of benzene rings is 2. The van der Waals surface area contributed by atoms with E-state index < -0.39 is 0 Å². The van der Waals surface area contributed by atoms with Crippen molar-refractivity contribution in [3.05, 3.63) is 89.5 Å². The van der Waals surface area contributed by atoms with E-state index in [4.69, 9.17) is 5.26 Å². The van der Waals surface area contributed by atoms with Gasteiger partial charge in [0.1, 0.15) is 0 Å². The zero-order valence-electron chi connectivity index (χ0n) is 16.0. The monoisotopic (exact) mass is 371 g/mol. The molecule has 1 N–H and O–H groups in total. The van der Waals surface area contributed by atoms with Crippen LogP contribution in [-0.4, -0.2) is 34.1 Å². The zero-order valence-corrected chi connectivity index (χ0v) is 16.0. The van der Waals surface area contributed by atoms with Crippen LogP contribution < -0.4 is 5.32 Å². The molecule has 1 aliphatic rings. The van der Waals surface area contributed by atoms with Gasteiger partial charge in [0.25, 0.3) is 0 Å². The topological polar surface area (TPSA) is 56.9 Å². The fraction of sp³-hybridized carbons (Fsp3) is 0.304. The van der Waals surface area contributed by atoms with E-state index in [9.17, 15) is 0 Å². The highest BCUT2D eigenvalue weighted by Gasteiger charge is 2.18. The molecule has 0 saturated carbocycles. The van der Waals surface area contributed by atoms with E-state index in [-0.39, 0.29) is 0 Å². The molecule has 1 atom stereocenters. The molecule has 1 unspecified atom stereocenters. The molecule has 0 spiro atoms. The van der Waals surface area contributed by atoms with Gasteiger partial charge in [0.15, 0.2) is 0 Å². The fourth-order valence-corrected chi connectivity index (χ4v) is 3.78. The van der Waals surface area contributed by atoms with Crippen molar-refractivity contribution in [2.45, 2.75) is 25.6 Å². The Hall–Kier alpha value is -2.94. The van der Waals surface area contributed by atoms with Crippen LogP contribution >= 0.6 is 0 Å². The Morgan fingerprint density at radius 2 is 1.86 bits per heavy atom. The standard InChI is InChI=1S/C23H25N5/c24-14-19-6-8-20(9-7-19)16-28-18-25-15-22(28)17-27-12-10-23(26-11-13-27)21-4-2-1-3-5-21/h1-9,15,18,23,26H,10-13,16-17H2. The Kier molecular flexibility index (Phi) is 5.81. The van der Waals surface area contributed by atoms with Crippen molar-refractivity contribution >= 4 is 0 Å². The Balaban J connectivity index is 1.38. The summed E-state index contributed by atoms with van der Waals surface area (Å²) < 4.78 is 2.20. The van der Waals surface area contributed by atoms with Gasteiger partial charge in [-0.2, -0.15) is 5.26 Å². The van der Waals surface area contributed by atoms with E-state index in [2.05, 4.69) is 56.2 Å². The van der Waals surface area contributed by atoms with Crippen molar-refractivity contribution < 1.29 is 0 Å². The minimum atomic E-state index is 0.426. The molecular formula is C23H25N5. The maximum Gasteiger partial charge on any atom is 0.0991 e. The number of imidazole rings is 1. The SMILES string of the molecule is N#Cc1ccc(Cn2cncc2CN2CCNC(c3ccccc3)CC2)cc1. The van der Waals surface area contributed by atoms with Gasteiger partial charge in [0, 0.05) is 45.0 Å². The van der Waals surface area contributed by atoms with Gasteiger partial charge in [-0.25, -0.2) is 4.98 Å². The van der Waals surface area contributed by atoms with Crippen molar-refractivity contribution in [3.8, 4) is 6.07 Å². The summed E-state index contributed by atoms with van der Waals surface area (Å²) in [6, 6.07) is 21.1. The van der Waals surface area contributed by atoms with Crippen LogP contribution in [0.2, 0.25) is 0 Å². The van der Waals surface area contributed by atoms with E-state index in [1.807, 2.05) is 36.8 Å².